The minimum atomic E-state index is -1.02. The Morgan fingerprint density at radius 3 is 2.49 bits per heavy atom. The minimum Gasteiger partial charge on any atom is -0.480 e. The maximum atomic E-state index is 13.4. The molecule has 1 aliphatic heterocycles. The summed E-state index contributed by atoms with van der Waals surface area (Å²) in [7, 11) is 0. The van der Waals surface area contributed by atoms with Gasteiger partial charge in [-0.25, -0.2) is 4.79 Å². The van der Waals surface area contributed by atoms with E-state index >= 15 is 0 Å². The molecule has 0 saturated heterocycles. The summed E-state index contributed by atoms with van der Waals surface area (Å²) in [5.41, 5.74) is 5.25. The summed E-state index contributed by atoms with van der Waals surface area (Å²) < 4.78 is 23.5. The molecule has 1 fully saturated rings. The number of carboxylic acids is 1. The van der Waals surface area contributed by atoms with Gasteiger partial charge < -0.3 is 29.4 Å². The molecule has 0 bridgehead atoms. The molecule has 0 aromatic heterocycles. The van der Waals surface area contributed by atoms with E-state index in [0.717, 1.165) is 65.0 Å². The minimum absolute atomic E-state index is 0.0294. The van der Waals surface area contributed by atoms with Gasteiger partial charge in [-0.05, 0) is 78.8 Å². The summed E-state index contributed by atoms with van der Waals surface area (Å²) in [6.07, 6.45) is 3.75. The van der Waals surface area contributed by atoms with E-state index in [1.807, 2.05) is 69.3 Å². The van der Waals surface area contributed by atoms with Crippen molar-refractivity contribution in [3.8, 4) is 22.6 Å². The smallest absolute Gasteiger partial charge is 0.326 e. The summed E-state index contributed by atoms with van der Waals surface area (Å²) in [5.74, 6) is 0.335. The first-order valence-corrected chi connectivity index (χ1v) is 15.2. The molecule has 2 aliphatic rings. The Balaban J connectivity index is 1.33. The Labute approximate surface area is 253 Å². The van der Waals surface area contributed by atoms with Crippen LogP contribution in [0.25, 0.3) is 11.1 Å². The molecule has 3 aromatic carbocycles. The largest absolute Gasteiger partial charge is 0.480 e. The Morgan fingerprint density at radius 1 is 0.953 bits per heavy atom. The van der Waals surface area contributed by atoms with Crippen molar-refractivity contribution in [2.45, 2.75) is 77.7 Å². The van der Waals surface area contributed by atoms with Gasteiger partial charge in [0.15, 0.2) is 11.5 Å². The van der Waals surface area contributed by atoms with Crippen molar-refractivity contribution in [2.24, 2.45) is 5.92 Å². The normalized spacial score (nSPS) is 19.5. The van der Waals surface area contributed by atoms with Crippen molar-refractivity contribution < 1.29 is 33.6 Å². The van der Waals surface area contributed by atoms with Gasteiger partial charge in [-0.3, -0.25) is 4.79 Å². The molecule has 0 radical (unpaired) electrons. The molecule has 0 spiro atoms. The summed E-state index contributed by atoms with van der Waals surface area (Å²) in [6, 6.07) is 18.7. The highest BCUT2D eigenvalue weighted by Crippen LogP contribution is 2.39. The molecular formula is C35H41NO7. The lowest BCUT2D eigenvalue weighted by molar-refractivity contribution is -0.154. The molecule has 8 heteroatoms. The zero-order valence-corrected chi connectivity index (χ0v) is 25.1. The quantitative estimate of drug-likeness (QED) is 0.228. The number of unbranched alkanes of at least 4 members (excludes halogenated alkanes) is 1. The van der Waals surface area contributed by atoms with Crippen LogP contribution in [-0.2, 0) is 27.3 Å². The van der Waals surface area contributed by atoms with Crippen molar-refractivity contribution in [3.05, 3.63) is 82.9 Å². The molecule has 1 aliphatic carbocycles. The average Bonchev–Trinajstić information content (AvgIpc) is 3.47. The molecule has 228 valence electrons. The van der Waals surface area contributed by atoms with E-state index in [2.05, 4.69) is 11.4 Å². The number of hydrogen-bond acceptors (Lipinski definition) is 6. The van der Waals surface area contributed by atoms with Gasteiger partial charge in [0.25, 0.3) is 5.91 Å². The standard InChI is InChI=1S/C35H41NO7/c1-4-6-11-29(35(38)39)36-34(37)26-14-12-24(17-27(26)25-10-8-7-9-22(25)3)20-41-32-19-31(40-5-2)28(32)16-23-13-15-30-33(18-23)43-21-42-30/h7-10,12-15,17-18,28-29,31-32H,4-6,11,16,19-21H2,1-3H3,(H,36,37)(H,38,39)/t28-,29+,31?,32?/m1/s1. The van der Waals surface area contributed by atoms with E-state index < -0.39 is 17.9 Å². The highest BCUT2D eigenvalue weighted by atomic mass is 16.7. The first-order valence-electron chi connectivity index (χ1n) is 15.2. The van der Waals surface area contributed by atoms with Crippen molar-refractivity contribution in [3.63, 3.8) is 0 Å². The number of aryl methyl sites for hydroxylation is 1. The van der Waals surface area contributed by atoms with Crippen LogP contribution < -0.4 is 14.8 Å². The van der Waals surface area contributed by atoms with E-state index in [0.29, 0.717) is 25.2 Å². The lowest BCUT2D eigenvalue weighted by atomic mass is 9.74. The molecule has 5 rings (SSSR count). The fourth-order valence-electron chi connectivity index (χ4n) is 5.90. The highest BCUT2D eigenvalue weighted by Gasteiger charge is 2.42. The molecular weight excluding hydrogens is 546 g/mol. The van der Waals surface area contributed by atoms with Gasteiger partial charge >= 0.3 is 5.97 Å². The number of carbonyl (C=O) groups is 2. The Bertz CT molecular complexity index is 1440. The van der Waals surface area contributed by atoms with Crippen LogP contribution >= 0.6 is 0 Å². The summed E-state index contributed by atoms with van der Waals surface area (Å²) in [6.45, 7) is 7.30. The third-order valence-electron chi connectivity index (χ3n) is 8.39. The predicted octanol–water partition coefficient (Wildman–Crippen LogP) is 6.32. The van der Waals surface area contributed by atoms with Crippen LogP contribution in [0.15, 0.2) is 60.7 Å². The lowest BCUT2D eigenvalue weighted by Gasteiger charge is -2.44. The fraction of sp³-hybridized carbons (Fsp3) is 0.429. The van der Waals surface area contributed by atoms with E-state index in [4.69, 9.17) is 18.9 Å². The first kappa shape index (κ1) is 30.6. The van der Waals surface area contributed by atoms with E-state index in [1.54, 1.807) is 6.07 Å². The Morgan fingerprint density at radius 2 is 1.72 bits per heavy atom. The molecule has 3 aromatic rings. The van der Waals surface area contributed by atoms with Crippen LogP contribution in [0, 0.1) is 12.8 Å². The zero-order valence-electron chi connectivity index (χ0n) is 25.1. The first-order chi connectivity index (χ1) is 20.9. The second-order valence-corrected chi connectivity index (χ2v) is 11.3. The highest BCUT2D eigenvalue weighted by molar-refractivity contribution is 6.02. The molecule has 1 saturated carbocycles. The summed E-state index contributed by atoms with van der Waals surface area (Å²) in [5, 5.41) is 12.4. The number of carboxylic acid groups (broad SMARTS) is 1. The van der Waals surface area contributed by atoms with E-state index in [9.17, 15) is 14.7 Å². The molecule has 1 amide bonds. The maximum Gasteiger partial charge on any atom is 0.326 e. The number of ether oxygens (including phenoxy) is 4. The molecule has 1 heterocycles. The van der Waals surface area contributed by atoms with Gasteiger partial charge in [0.1, 0.15) is 6.04 Å². The fourth-order valence-corrected chi connectivity index (χ4v) is 5.90. The van der Waals surface area contributed by atoms with Crippen LogP contribution in [0.5, 0.6) is 11.5 Å². The zero-order chi connectivity index (χ0) is 30.3. The number of rotatable bonds is 14. The number of nitrogens with one attached hydrogen (secondary N) is 1. The number of benzene rings is 3. The molecule has 8 nitrogen and oxygen atoms in total. The number of amides is 1. The van der Waals surface area contributed by atoms with Crippen LogP contribution in [0.4, 0.5) is 0 Å². The molecule has 4 atom stereocenters. The SMILES string of the molecule is CCCC[C@H](NC(=O)c1ccc(COC2CC(OCC)[C@H]2Cc2ccc3c(c2)OCO3)cc1-c1ccccc1C)C(=O)O. The van der Waals surface area contributed by atoms with Crippen LogP contribution in [-0.4, -0.2) is 48.6 Å². The third kappa shape index (κ3) is 7.20. The van der Waals surface area contributed by atoms with Gasteiger partial charge in [0.05, 0.1) is 18.8 Å². The van der Waals surface area contributed by atoms with E-state index in [1.165, 1.54) is 0 Å². The predicted molar refractivity (Wildman–Crippen MR) is 163 cm³/mol. The average molecular weight is 588 g/mol. The summed E-state index contributed by atoms with van der Waals surface area (Å²) >= 11 is 0. The van der Waals surface area contributed by atoms with Crippen molar-refractivity contribution in [2.75, 3.05) is 13.4 Å². The Hall–Kier alpha value is -3.88. The Kier molecular flexibility index (Phi) is 10.00. The monoisotopic (exact) mass is 587 g/mol. The molecule has 2 N–H and O–H groups in total. The van der Waals surface area contributed by atoms with Gasteiger partial charge in [-0.2, -0.15) is 0 Å². The molecule has 43 heavy (non-hydrogen) atoms. The number of fused-ring (bicyclic) bond motifs is 1. The van der Waals surface area contributed by atoms with Crippen LogP contribution in [0.2, 0.25) is 0 Å². The molecule has 2 unspecified atom stereocenters. The maximum absolute atomic E-state index is 13.4. The lowest BCUT2D eigenvalue weighted by Crippen LogP contribution is -2.49. The van der Waals surface area contributed by atoms with Crippen LogP contribution in [0.1, 0.15) is 66.6 Å². The van der Waals surface area contributed by atoms with E-state index in [-0.39, 0.29) is 24.9 Å². The number of aliphatic carboxylic acids is 1. The third-order valence-corrected chi connectivity index (χ3v) is 8.39. The van der Waals surface area contributed by atoms with Crippen molar-refractivity contribution in [1.29, 1.82) is 0 Å². The topological polar surface area (TPSA) is 103 Å². The second kappa shape index (κ2) is 14.1. The van der Waals surface area contributed by atoms with Crippen molar-refractivity contribution >= 4 is 11.9 Å². The second-order valence-electron chi connectivity index (χ2n) is 11.3. The van der Waals surface area contributed by atoms with Gasteiger partial charge in [-0.15, -0.1) is 0 Å². The number of carbonyl (C=O) groups excluding carboxylic acids is 1. The summed E-state index contributed by atoms with van der Waals surface area (Å²) in [4.78, 5) is 25.2. The number of hydrogen-bond donors (Lipinski definition) is 2. The van der Waals surface area contributed by atoms with Gasteiger partial charge in [-0.1, -0.05) is 56.2 Å². The van der Waals surface area contributed by atoms with Crippen molar-refractivity contribution in [1.82, 2.24) is 5.32 Å². The van der Waals surface area contributed by atoms with Crippen LogP contribution in [0.3, 0.4) is 0 Å². The van der Waals surface area contributed by atoms with Gasteiger partial charge in [0, 0.05) is 24.5 Å². The van der Waals surface area contributed by atoms with Gasteiger partial charge in [0.2, 0.25) is 6.79 Å².